The Balaban J connectivity index is 1.28. The van der Waals surface area contributed by atoms with Gasteiger partial charge in [0.05, 0.1) is 11.1 Å². The minimum Gasteiger partial charge on any atom is -0.490 e. The molecule has 3 amide bonds. The van der Waals surface area contributed by atoms with E-state index in [0.29, 0.717) is 24.2 Å². The van der Waals surface area contributed by atoms with Crippen molar-refractivity contribution in [3.63, 3.8) is 0 Å². The third-order valence-corrected chi connectivity index (χ3v) is 6.11. The number of likely N-dealkylation sites (tertiary alicyclic amines) is 1. The summed E-state index contributed by atoms with van der Waals surface area (Å²) < 4.78 is 6.17. The predicted molar refractivity (Wildman–Crippen MR) is 117 cm³/mol. The third kappa shape index (κ3) is 4.33. The first kappa shape index (κ1) is 21.1. The van der Waals surface area contributed by atoms with Crippen LogP contribution in [-0.2, 0) is 4.79 Å². The molecule has 1 saturated heterocycles. The lowest BCUT2D eigenvalue weighted by Gasteiger charge is -2.33. The number of carbonyl (C=O) groups is 3. The summed E-state index contributed by atoms with van der Waals surface area (Å²) in [5.74, 6) is 0.258. The fraction of sp³-hybridized carbons (Fsp3) is 0.400. The molecule has 0 atom stereocenters. The van der Waals surface area contributed by atoms with Crippen LogP contribution in [0.25, 0.3) is 0 Å². The summed E-state index contributed by atoms with van der Waals surface area (Å²) in [7, 11) is 0. The van der Waals surface area contributed by atoms with E-state index in [1.807, 2.05) is 31.7 Å². The number of ether oxygens (including phenoxy) is 1. The molecule has 0 spiro atoms. The SMILES string of the molecule is Cc1ccc(C)c(OC2CCN(C(=O)CCN3C(=O)c4ccc(C)cc4C3=O)CC2)c1. The topological polar surface area (TPSA) is 66.9 Å². The van der Waals surface area contributed by atoms with Crippen LogP contribution < -0.4 is 4.74 Å². The monoisotopic (exact) mass is 420 g/mol. The van der Waals surface area contributed by atoms with Gasteiger partial charge in [0.25, 0.3) is 11.8 Å². The van der Waals surface area contributed by atoms with E-state index in [2.05, 4.69) is 18.2 Å². The smallest absolute Gasteiger partial charge is 0.261 e. The lowest BCUT2D eigenvalue weighted by Crippen LogP contribution is -2.43. The van der Waals surface area contributed by atoms with E-state index in [1.165, 1.54) is 4.90 Å². The van der Waals surface area contributed by atoms with Gasteiger partial charge in [-0.15, -0.1) is 0 Å². The van der Waals surface area contributed by atoms with Crippen LogP contribution in [0.15, 0.2) is 36.4 Å². The van der Waals surface area contributed by atoms with Crippen LogP contribution in [0.5, 0.6) is 5.75 Å². The zero-order valence-corrected chi connectivity index (χ0v) is 18.3. The van der Waals surface area contributed by atoms with Crippen molar-refractivity contribution in [2.24, 2.45) is 0 Å². The molecule has 162 valence electrons. The molecule has 1 fully saturated rings. The van der Waals surface area contributed by atoms with Gasteiger partial charge in [0.2, 0.25) is 5.91 Å². The Hall–Kier alpha value is -3.15. The highest BCUT2D eigenvalue weighted by atomic mass is 16.5. The number of carbonyl (C=O) groups excluding carboxylic acids is 3. The molecule has 4 rings (SSSR count). The van der Waals surface area contributed by atoms with Crippen LogP contribution in [-0.4, -0.2) is 53.3 Å². The van der Waals surface area contributed by atoms with Crippen molar-refractivity contribution in [1.82, 2.24) is 9.80 Å². The molecule has 0 aromatic heterocycles. The van der Waals surface area contributed by atoms with E-state index in [9.17, 15) is 14.4 Å². The van der Waals surface area contributed by atoms with Crippen molar-refractivity contribution in [1.29, 1.82) is 0 Å². The highest BCUT2D eigenvalue weighted by molar-refractivity contribution is 6.21. The Morgan fingerprint density at radius 2 is 1.58 bits per heavy atom. The van der Waals surface area contributed by atoms with Crippen molar-refractivity contribution in [2.75, 3.05) is 19.6 Å². The lowest BCUT2D eigenvalue weighted by atomic mass is 10.1. The number of hydrogen-bond donors (Lipinski definition) is 0. The predicted octanol–water partition coefficient (Wildman–Crippen LogP) is 3.67. The minimum atomic E-state index is -0.312. The van der Waals surface area contributed by atoms with Crippen LogP contribution in [0.1, 0.15) is 56.7 Å². The molecular formula is C25H28N2O4. The number of imide groups is 1. The van der Waals surface area contributed by atoms with Gasteiger partial charge in [0.1, 0.15) is 11.9 Å². The van der Waals surface area contributed by atoms with Gasteiger partial charge >= 0.3 is 0 Å². The molecular weight excluding hydrogens is 392 g/mol. The summed E-state index contributed by atoms with van der Waals surface area (Å²) in [5.41, 5.74) is 4.06. The maximum Gasteiger partial charge on any atom is 0.261 e. The average Bonchev–Trinajstić information content (AvgIpc) is 2.99. The molecule has 0 radical (unpaired) electrons. The number of piperidine rings is 1. The second kappa shape index (κ2) is 8.53. The molecule has 2 aliphatic rings. The fourth-order valence-electron chi connectivity index (χ4n) is 4.21. The number of hydrogen-bond acceptors (Lipinski definition) is 4. The summed E-state index contributed by atoms with van der Waals surface area (Å²) in [4.78, 5) is 40.8. The van der Waals surface area contributed by atoms with Gasteiger partial charge in [-0.05, 0) is 50.1 Å². The second-order valence-corrected chi connectivity index (χ2v) is 8.53. The maximum absolute atomic E-state index is 12.7. The van der Waals surface area contributed by atoms with E-state index in [4.69, 9.17) is 4.74 Å². The summed E-state index contributed by atoms with van der Waals surface area (Å²) in [5, 5.41) is 0. The highest BCUT2D eigenvalue weighted by Gasteiger charge is 2.36. The third-order valence-electron chi connectivity index (χ3n) is 6.11. The van der Waals surface area contributed by atoms with E-state index >= 15 is 0 Å². The first-order chi connectivity index (χ1) is 14.8. The molecule has 0 saturated carbocycles. The molecule has 0 aliphatic carbocycles. The van der Waals surface area contributed by atoms with Gasteiger partial charge in [-0.25, -0.2) is 0 Å². The summed E-state index contributed by atoms with van der Waals surface area (Å²) >= 11 is 0. The molecule has 0 N–H and O–H groups in total. The average molecular weight is 421 g/mol. The van der Waals surface area contributed by atoms with E-state index in [0.717, 1.165) is 35.3 Å². The van der Waals surface area contributed by atoms with Gasteiger partial charge in [-0.2, -0.15) is 0 Å². The van der Waals surface area contributed by atoms with Crippen molar-refractivity contribution in [3.05, 3.63) is 64.2 Å². The van der Waals surface area contributed by atoms with Gasteiger partial charge < -0.3 is 9.64 Å². The van der Waals surface area contributed by atoms with E-state index < -0.39 is 0 Å². The lowest BCUT2D eigenvalue weighted by molar-refractivity contribution is -0.133. The summed E-state index contributed by atoms with van der Waals surface area (Å²) in [6.45, 7) is 7.32. The van der Waals surface area contributed by atoms with Gasteiger partial charge in [0.15, 0.2) is 0 Å². The van der Waals surface area contributed by atoms with Crippen LogP contribution in [0, 0.1) is 20.8 Å². The zero-order chi connectivity index (χ0) is 22.1. The number of amides is 3. The maximum atomic E-state index is 12.7. The Morgan fingerprint density at radius 1 is 0.935 bits per heavy atom. The van der Waals surface area contributed by atoms with Gasteiger partial charge in [-0.1, -0.05) is 23.8 Å². The van der Waals surface area contributed by atoms with Crippen molar-refractivity contribution >= 4 is 17.7 Å². The molecule has 6 heteroatoms. The highest BCUT2D eigenvalue weighted by Crippen LogP contribution is 2.26. The number of fused-ring (bicyclic) bond motifs is 1. The molecule has 0 unspecified atom stereocenters. The number of rotatable bonds is 5. The molecule has 6 nitrogen and oxygen atoms in total. The fourth-order valence-corrected chi connectivity index (χ4v) is 4.21. The van der Waals surface area contributed by atoms with Gasteiger partial charge in [-0.3, -0.25) is 19.3 Å². The van der Waals surface area contributed by atoms with Crippen molar-refractivity contribution in [3.8, 4) is 5.75 Å². The summed E-state index contributed by atoms with van der Waals surface area (Å²) in [6, 6.07) is 11.4. The Kier molecular flexibility index (Phi) is 5.81. The van der Waals surface area contributed by atoms with Crippen molar-refractivity contribution < 1.29 is 19.1 Å². The first-order valence-corrected chi connectivity index (χ1v) is 10.8. The largest absolute Gasteiger partial charge is 0.490 e. The van der Waals surface area contributed by atoms with Crippen LogP contribution in [0.3, 0.4) is 0 Å². The first-order valence-electron chi connectivity index (χ1n) is 10.8. The van der Waals surface area contributed by atoms with E-state index in [1.54, 1.807) is 12.1 Å². The normalized spacial score (nSPS) is 16.6. The Morgan fingerprint density at radius 3 is 2.32 bits per heavy atom. The molecule has 0 bridgehead atoms. The second-order valence-electron chi connectivity index (χ2n) is 8.53. The number of aryl methyl sites for hydroxylation is 3. The van der Waals surface area contributed by atoms with Gasteiger partial charge in [0, 0.05) is 38.9 Å². The molecule has 31 heavy (non-hydrogen) atoms. The van der Waals surface area contributed by atoms with E-state index in [-0.39, 0.29) is 36.8 Å². The van der Waals surface area contributed by atoms with Crippen LogP contribution in [0.4, 0.5) is 0 Å². The van der Waals surface area contributed by atoms with Crippen LogP contribution in [0.2, 0.25) is 0 Å². The minimum absolute atomic E-state index is 0.0297. The quantitative estimate of drug-likeness (QED) is 0.693. The number of nitrogens with zero attached hydrogens (tertiary/aromatic N) is 2. The molecule has 2 heterocycles. The number of benzene rings is 2. The Labute approximate surface area is 182 Å². The molecule has 2 aliphatic heterocycles. The zero-order valence-electron chi connectivity index (χ0n) is 18.3. The Bertz CT molecular complexity index is 1040. The molecule has 2 aromatic rings. The van der Waals surface area contributed by atoms with Crippen molar-refractivity contribution in [2.45, 2.75) is 46.1 Å². The van der Waals surface area contributed by atoms with Crippen LogP contribution >= 0.6 is 0 Å². The molecule has 2 aromatic carbocycles. The standard InChI is InChI=1S/C25H28N2O4/c1-16-5-7-20-21(14-16)25(30)27(24(20)29)13-10-23(28)26-11-8-19(9-12-26)31-22-15-17(2)4-6-18(22)3/h4-7,14-15,19H,8-13H2,1-3H3. The summed E-state index contributed by atoms with van der Waals surface area (Å²) in [6.07, 6.45) is 1.77.